The van der Waals surface area contributed by atoms with E-state index in [4.69, 9.17) is 11.6 Å². The Balaban J connectivity index is 1.59. The maximum Gasteiger partial charge on any atom is 0.247 e. The number of hydrogen-bond donors (Lipinski definition) is 2. The molecule has 1 aromatic carbocycles. The summed E-state index contributed by atoms with van der Waals surface area (Å²) in [6.45, 7) is 2.64. The van der Waals surface area contributed by atoms with Crippen molar-refractivity contribution in [3.05, 3.63) is 82.3 Å². The Bertz CT molecular complexity index is 1500. The van der Waals surface area contributed by atoms with Crippen LogP contribution < -0.4 is 15.5 Å². The topological polar surface area (TPSA) is 112 Å². The van der Waals surface area contributed by atoms with Crippen LogP contribution in [0.5, 0.6) is 0 Å². The Labute approximate surface area is 260 Å². The third-order valence-corrected chi connectivity index (χ3v) is 8.26. The molecule has 0 radical (unpaired) electrons. The number of allylic oxidation sites excluding steroid dienone is 3. The highest BCUT2D eigenvalue weighted by Crippen LogP contribution is 2.35. The fourth-order valence-electron chi connectivity index (χ4n) is 5.44. The van der Waals surface area contributed by atoms with Gasteiger partial charge in [0.1, 0.15) is 24.6 Å². The predicted molar refractivity (Wildman–Crippen MR) is 163 cm³/mol. The van der Waals surface area contributed by atoms with Crippen molar-refractivity contribution in [1.29, 1.82) is 0 Å². The first-order valence-electron chi connectivity index (χ1n) is 14.6. The Morgan fingerprint density at radius 2 is 1.91 bits per heavy atom. The third-order valence-electron chi connectivity index (χ3n) is 7.97. The van der Waals surface area contributed by atoms with E-state index in [1.165, 1.54) is 4.90 Å². The van der Waals surface area contributed by atoms with Gasteiger partial charge in [-0.1, -0.05) is 44.0 Å². The highest BCUT2D eigenvalue weighted by atomic mass is 35.5. The number of carbonyl (C=O) groups excluding carboxylic acids is 4. The summed E-state index contributed by atoms with van der Waals surface area (Å²) in [5.74, 6) is -3.73. The average Bonchev–Trinajstić information content (AvgIpc) is 3.02. The van der Waals surface area contributed by atoms with Gasteiger partial charge >= 0.3 is 0 Å². The molecule has 9 nitrogen and oxygen atoms in total. The van der Waals surface area contributed by atoms with E-state index in [9.17, 15) is 28.0 Å². The second-order valence-corrected chi connectivity index (χ2v) is 11.3. The highest BCUT2D eigenvalue weighted by Gasteiger charge is 2.38. The molecular weight excluding hydrogens is 592 g/mol. The number of amides is 4. The molecule has 3 unspecified atom stereocenters. The smallest absolute Gasteiger partial charge is 0.247 e. The Kier molecular flexibility index (Phi) is 10.9. The van der Waals surface area contributed by atoms with Crippen molar-refractivity contribution in [2.75, 3.05) is 25.0 Å². The number of anilines is 1. The third kappa shape index (κ3) is 7.50. The Morgan fingerprint density at radius 3 is 2.59 bits per heavy atom. The lowest BCUT2D eigenvalue weighted by molar-refractivity contribution is -0.141. The number of piperazine rings is 1. The lowest BCUT2D eigenvalue weighted by Gasteiger charge is -2.39. The molecule has 2 N–H and O–H groups in total. The van der Waals surface area contributed by atoms with Crippen molar-refractivity contribution in [3.63, 3.8) is 0 Å². The van der Waals surface area contributed by atoms with Crippen LogP contribution in [0.4, 0.5) is 14.5 Å². The number of aromatic nitrogens is 1. The van der Waals surface area contributed by atoms with E-state index in [2.05, 4.69) is 15.6 Å². The van der Waals surface area contributed by atoms with Gasteiger partial charge in [0.25, 0.3) is 0 Å². The maximum atomic E-state index is 14.8. The van der Waals surface area contributed by atoms with E-state index >= 15 is 0 Å². The molecule has 44 heavy (non-hydrogen) atoms. The van der Waals surface area contributed by atoms with E-state index in [1.54, 1.807) is 26.2 Å². The zero-order chi connectivity index (χ0) is 32.0. The quantitative estimate of drug-likeness (QED) is 0.343. The van der Waals surface area contributed by atoms with Gasteiger partial charge in [-0.15, -0.1) is 0 Å². The van der Waals surface area contributed by atoms with Gasteiger partial charge in [-0.2, -0.15) is 0 Å². The van der Waals surface area contributed by atoms with Crippen LogP contribution in [-0.4, -0.2) is 53.6 Å². The van der Waals surface area contributed by atoms with Gasteiger partial charge in [-0.3, -0.25) is 29.1 Å². The minimum absolute atomic E-state index is 0.0749. The molecule has 2 aromatic rings. The van der Waals surface area contributed by atoms with Crippen LogP contribution in [0.15, 0.2) is 54.4 Å². The van der Waals surface area contributed by atoms with Gasteiger partial charge in [0.2, 0.25) is 23.6 Å². The summed E-state index contributed by atoms with van der Waals surface area (Å²) < 4.78 is 29.4. The molecule has 0 saturated carbocycles. The van der Waals surface area contributed by atoms with E-state index < -0.39 is 48.3 Å². The van der Waals surface area contributed by atoms with Gasteiger partial charge < -0.3 is 15.5 Å². The molecule has 1 aliphatic heterocycles. The van der Waals surface area contributed by atoms with Crippen molar-refractivity contribution < 1.29 is 28.0 Å². The zero-order valence-electron chi connectivity index (χ0n) is 24.9. The van der Waals surface area contributed by atoms with Crippen molar-refractivity contribution in [2.45, 2.75) is 57.9 Å². The first-order valence-corrected chi connectivity index (χ1v) is 15.0. The number of carbonyl (C=O) groups is 4. The van der Waals surface area contributed by atoms with Crippen molar-refractivity contribution >= 4 is 40.9 Å². The van der Waals surface area contributed by atoms with Crippen LogP contribution in [0.25, 0.3) is 0 Å². The molecule has 1 aliphatic carbocycles. The fraction of sp³-hybridized carbons (Fsp3) is 0.406. The number of nitrogens with one attached hydrogen (secondary N) is 2. The summed E-state index contributed by atoms with van der Waals surface area (Å²) in [5, 5.41) is 5.12. The summed E-state index contributed by atoms with van der Waals surface area (Å²) in [4.78, 5) is 57.5. The Hall–Kier alpha value is -4.12. The van der Waals surface area contributed by atoms with Gasteiger partial charge in [0, 0.05) is 42.9 Å². The molecule has 3 atom stereocenters. The van der Waals surface area contributed by atoms with Crippen LogP contribution in [0.1, 0.15) is 69.2 Å². The lowest BCUT2D eigenvalue weighted by atomic mass is 9.91. The summed E-state index contributed by atoms with van der Waals surface area (Å²) in [6.07, 6.45) is 9.92. The second kappa shape index (κ2) is 14.6. The monoisotopic (exact) mass is 627 g/mol. The van der Waals surface area contributed by atoms with Gasteiger partial charge in [-0.05, 0) is 55.2 Å². The van der Waals surface area contributed by atoms with E-state index in [1.807, 2.05) is 31.2 Å². The van der Waals surface area contributed by atoms with Crippen LogP contribution in [0.2, 0.25) is 5.02 Å². The molecule has 4 amide bonds. The summed E-state index contributed by atoms with van der Waals surface area (Å²) in [6, 6.07) is 5.13. The first kappa shape index (κ1) is 32.8. The van der Waals surface area contributed by atoms with Gasteiger partial charge in [-0.25, -0.2) is 8.78 Å². The normalized spacial score (nSPS) is 18.1. The molecule has 1 aromatic heterocycles. The number of benzene rings is 1. The Morgan fingerprint density at radius 1 is 1.14 bits per heavy atom. The van der Waals surface area contributed by atoms with Gasteiger partial charge in [0.15, 0.2) is 5.82 Å². The minimum atomic E-state index is -1.10. The number of pyridine rings is 1. The molecule has 12 heteroatoms. The summed E-state index contributed by atoms with van der Waals surface area (Å²) in [5.41, 5.74) is 1.58. The molecule has 1 saturated heterocycles. The standard InChI is InChI=1S/C32H36ClF2N5O4/c1-4-27(41)38-22-10-8-20(9-11-22)25-16-21(14-15-37-25)26(7-5-6-19(2)32(44)36-3)39-17-29(43)40(18-28(39)42)31-24(34)13-12-23(33)30(31)35/h8,10-16,19-20,26H,4-7,9,17-18H2,1-3H3,(H,36,44)(H,38,41). The molecule has 0 spiro atoms. The van der Waals surface area contributed by atoms with E-state index in [0.29, 0.717) is 32.1 Å². The largest absolute Gasteiger partial charge is 0.359 e. The van der Waals surface area contributed by atoms with Crippen molar-refractivity contribution in [3.8, 4) is 0 Å². The fourth-order valence-corrected chi connectivity index (χ4v) is 5.59. The SMILES string of the molecule is CCC(=O)NC1=CCC(c2cc(C(CCCC(C)C(=O)NC)N3CC(=O)N(c4c(F)ccc(Cl)c4F)CC3=O)ccn2)C=C1. The number of halogens is 3. The van der Waals surface area contributed by atoms with Crippen LogP contribution in [0.3, 0.4) is 0 Å². The lowest BCUT2D eigenvalue weighted by Crippen LogP contribution is -2.55. The van der Waals surface area contributed by atoms with Crippen molar-refractivity contribution in [1.82, 2.24) is 20.5 Å². The van der Waals surface area contributed by atoms with Crippen molar-refractivity contribution in [2.24, 2.45) is 5.92 Å². The molecule has 0 bridgehead atoms. The van der Waals surface area contributed by atoms with Gasteiger partial charge in [0.05, 0.1) is 11.1 Å². The van der Waals surface area contributed by atoms with Crippen LogP contribution >= 0.6 is 11.6 Å². The molecule has 1 fully saturated rings. The minimum Gasteiger partial charge on any atom is -0.359 e. The van der Waals surface area contributed by atoms with Crippen LogP contribution in [0, 0.1) is 17.6 Å². The number of nitrogens with zero attached hydrogens (tertiary/aromatic N) is 3. The zero-order valence-corrected chi connectivity index (χ0v) is 25.7. The molecule has 234 valence electrons. The van der Waals surface area contributed by atoms with Crippen LogP contribution in [-0.2, 0) is 19.2 Å². The molecule has 4 rings (SSSR count). The summed E-state index contributed by atoms with van der Waals surface area (Å²) >= 11 is 5.84. The maximum absolute atomic E-state index is 14.8. The number of rotatable bonds is 11. The molecular formula is C32H36ClF2N5O4. The molecule has 2 aliphatic rings. The average molecular weight is 628 g/mol. The highest BCUT2D eigenvalue weighted by molar-refractivity contribution is 6.31. The second-order valence-electron chi connectivity index (χ2n) is 10.9. The van der Waals surface area contributed by atoms with E-state index in [0.717, 1.165) is 34.0 Å². The first-order chi connectivity index (χ1) is 21.0. The predicted octanol–water partition coefficient (Wildman–Crippen LogP) is 4.94. The number of hydrogen-bond acceptors (Lipinski definition) is 5. The summed E-state index contributed by atoms with van der Waals surface area (Å²) in [7, 11) is 1.57. The molecule has 2 heterocycles. The van der Waals surface area contributed by atoms with E-state index in [-0.39, 0.29) is 28.7 Å².